The minimum atomic E-state index is -3.51. The van der Waals surface area contributed by atoms with E-state index in [1.165, 1.54) is 54.4 Å². The molecule has 9 heteroatoms. The summed E-state index contributed by atoms with van der Waals surface area (Å²) in [6.45, 7) is 0. The topological polar surface area (TPSA) is 97.6 Å². The van der Waals surface area contributed by atoms with Crippen molar-refractivity contribution in [3.8, 4) is 0 Å². The molecule has 2 aromatic rings. The van der Waals surface area contributed by atoms with Gasteiger partial charge in [0.2, 0.25) is 0 Å². The van der Waals surface area contributed by atoms with Crippen LogP contribution in [-0.4, -0.2) is 36.9 Å². The van der Waals surface area contributed by atoms with Crippen LogP contribution in [0.4, 0.5) is 5.69 Å². The van der Waals surface area contributed by atoms with Gasteiger partial charge in [0, 0.05) is 29.8 Å². The van der Waals surface area contributed by atoms with E-state index < -0.39 is 26.7 Å². The molecule has 3 rings (SSSR count). The van der Waals surface area contributed by atoms with E-state index in [4.69, 9.17) is 11.6 Å². The van der Waals surface area contributed by atoms with E-state index in [-0.39, 0.29) is 21.9 Å². The Kier molecular flexibility index (Phi) is 4.26. The number of benzene rings is 2. The first kappa shape index (κ1) is 17.4. The van der Waals surface area contributed by atoms with Crippen molar-refractivity contribution >= 4 is 33.0 Å². The molecule has 130 valence electrons. The highest BCUT2D eigenvalue weighted by atomic mass is 35.5. The van der Waals surface area contributed by atoms with Gasteiger partial charge in [-0.15, -0.1) is 0 Å². The number of sulfone groups is 1. The van der Waals surface area contributed by atoms with Gasteiger partial charge < -0.3 is 4.90 Å². The Hall–Kier alpha value is -2.45. The van der Waals surface area contributed by atoms with E-state index in [1.54, 1.807) is 0 Å². The SMILES string of the molecule is CN(C(=O)c1cccc([N+](=O)[O-])c1)[C@H]1CS(=O)(=O)c2ccc(Cl)cc21. The lowest BCUT2D eigenvalue weighted by Gasteiger charge is -2.24. The minimum Gasteiger partial charge on any atom is -0.334 e. The van der Waals surface area contributed by atoms with Crippen LogP contribution < -0.4 is 0 Å². The summed E-state index contributed by atoms with van der Waals surface area (Å²) < 4.78 is 24.6. The monoisotopic (exact) mass is 380 g/mol. The maximum absolute atomic E-state index is 12.7. The largest absolute Gasteiger partial charge is 0.334 e. The molecule has 7 nitrogen and oxygen atoms in total. The van der Waals surface area contributed by atoms with Gasteiger partial charge >= 0.3 is 0 Å². The molecule has 0 saturated carbocycles. The van der Waals surface area contributed by atoms with Gasteiger partial charge in [-0.1, -0.05) is 17.7 Å². The second-order valence-electron chi connectivity index (χ2n) is 5.70. The molecule has 0 spiro atoms. The van der Waals surface area contributed by atoms with Crippen LogP contribution in [0.3, 0.4) is 0 Å². The van der Waals surface area contributed by atoms with E-state index in [9.17, 15) is 23.3 Å². The molecule has 0 unspecified atom stereocenters. The number of halogens is 1. The van der Waals surface area contributed by atoms with Gasteiger partial charge in [-0.25, -0.2) is 8.42 Å². The number of hydrogen-bond donors (Lipinski definition) is 0. The summed E-state index contributed by atoms with van der Waals surface area (Å²) in [6.07, 6.45) is 0. The van der Waals surface area contributed by atoms with Crippen LogP contribution in [-0.2, 0) is 9.84 Å². The molecule has 1 heterocycles. The Balaban J connectivity index is 1.98. The fourth-order valence-corrected chi connectivity index (χ4v) is 4.88. The molecule has 0 N–H and O–H groups in total. The lowest BCUT2D eigenvalue weighted by molar-refractivity contribution is -0.384. The van der Waals surface area contributed by atoms with E-state index in [0.717, 1.165) is 0 Å². The predicted molar refractivity (Wildman–Crippen MR) is 91.4 cm³/mol. The number of nitro benzene ring substituents is 1. The van der Waals surface area contributed by atoms with E-state index in [1.807, 2.05) is 0 Å². The summed E-state index contributed by atoms with van der Waals surface area (Å²) in [5, 5.41) is 11.2. The van der Waals surface area contributed by atoms with Crippen molar-refractivity contribution in [3.05, 3.63) is 68.7 Å². The second-order valence-corrected chi connectivity index (χ2v) is 8.14. The summed E-state index contributed by atoms with van der Waals surface area (Å²) >= 11 is 5.97. The molecule has 1 aliphatic heterocycles. The molecular formula is C16H13ClN2O5S. The molecule has 0 aromatic heterocycles. The first-order chi connectivity index (χ1) is 11.7. The molecule has 0 saturated heterocycles. The smallest absolute Gasteiger partial charge is 0.270 e. The molecule has 25 heavy (non-hydrogen) atoms. The Bertz CT molecular complexity index is 990. The molecule has 1 aliphatic rings. The molecular weight excluding hydrogens is 368 g/mol. The summed E-state index contributed by atoms with van der Waals surface area (Å²) in [7, 11) is -2.05. The minimum absolute atomic E-state index is 0.115. The molecule has 0 radical (unpaired) electrons. The number of nitro groups is 1. The summed E-state index contributed by atoms with van der Waals surface area (Å²) in [5.74, 6) is -0.753. The van der Waals surface area contributed by atoms with E-state index >= 15 is 0 Å². The number of carbonyl (C=O) groups is 1. The van der Waals surface area contributed by atoms with Crippen molar-refractivity contribution in [1.29, 1.82) is 0 Å². The Morgan fingerprint density at radius 2 is 2.00 bits per heavy atom. The second kappa shape index (κ2) is 6.12. The van der Waals surface area contributed by atoms with Crippen LogP contribution in [0.5, 0.6) is 0 Å². The quantitative estimate of drug-likeness (QED) is 0.602. The highest BCUT2D eigenvalue weighted by molar-refractivity contribution is 7.91. The molecule has 0 fully saturated rings. The third kappa shape index (κ3) is 3.10. The van der Waals surface area contributed by atoms with Crippen molar-refractivity contribution in [2.45, 2.75) is 10.9 Å². The zero-order valence-electron chi connectivity index (χ0n) is 13.0. The van der Waals surface area contributed by atoms with Crippen LogP contribution >= 0.6 is 11.6 Å². The number of carbonyl (C=O) groups excluding carboxylic acids is 1. The Morgan fingerprint density at radius 3 is 2.68 bits per heavy atom. The molecule has 0 bridgehead atoms. The Morgan fingerprint density at radius 1 is 1.28 bits per heavy atom. The lowest BCUT2D eigenvalue weighted by Crippen LogP contribution is -2.32. The average molecular weight is 381 g/mol. The molecule has 1 amide bonds. The predicted octanol–water partition coefficient (Wildman–Crippen LogP) is 2.85. The van der Waals surface area contributed by atoms with Crippen molar-refractivity contribution in [1.82, 2.24) is 4.90 Å². The Labute approximate surface area is 148 Å². The van der Waals surface area contributed by atoms with Crippen LogP contribution in [0.2, 0.25) is 5.02 Å². The first-order valence-electron chi connectivity index (χ1n) is 7.24. The fraction of sp³-hybridized carbons (Fsp3) is 0.188. The van der Waals surface area contributed by atoms with Crippen molar-refractivity contribution in [2.75, 3.05) is 12.8 Å². The molecule has 2 aromatic carbocycles. The van der Waals surface area contributed by atoms with Gasteiger partial charge in [0.1, 0.15) is 0 Å². The van der Waals surface area contributed by atoms with Crippen LogP contribution in [0.25, 0.3) is 0 Å². The fourth-order valence-electron chi connectivity index (χ4n) is 2.87. The maximum atomic E-state index is 12.7. The zero-order valence-corrected chi connectivity index (χ0v) is 14.6. The van der Waals surface area contributed by atoms with Gasteiger partial charge in [0.25, 0.3) is 11.6 Å². The number of amides is 1. The molecule has 0 aliphatic carbocycles. The standard InChI is InChI=1S/C16H13ClN2O5S/c1-18(16(20)10-3-2-4-12(7-10)19(21)22)14-9-25(23,24)15-6-5-11(17)8-13(14)15/h2-8,14H,9H2,1H3/t14-/m0/s1. The highest BCUT2D eigenvalue weighted by Gasteiger charge is 2.38. The lowest BCUT2D eigenvalue weighted by atomic mass is 10.1. The summed E-state index contributed by atoms with van der Waals surface area (Å²) in [5.41, 5.74) is 0.361. The molecule has 1 atom stereocenters. The summed E-state index contributed by atoms with van der Waals surface area (Å²) in [6, 6.07) is 9.06. The number of non-ortho nitro benzene ring substituents is 1. The number of fused-ring (bicyclic) bond motifs is 1. The van der Waals surface area contributed by atoms with Crippen LogP contribution in [0, 0.1) is 10.1 Å². The number of hydrogen-bond acceptors (Lipinski definition) is 5. The van der Waals surface area contributed by atoms with Crippen molar-refractivity contribution < 1.29 is 18.1 Å². The third-order valence-corrected chi connectivity index (χ3v) is 6.17. The van der Waals surface area contributed by atoms with Crippen LogP contribution in [0.1, 0.15) is 22.0 Å². The van der Waals surface area contributed by atoms with Gasteiger partial charge in [-0.2, -0.15) is 0 Å². The zero-order chi connectivity index (χ0) is 18.4. The van der Waals surface area contributed by atoms with Crippen molar-refractivity contribution in [3.63, 3.8) is 0 Å². The van der Waals surface area contributed by atoms with Gasteiger partial charge in [-0.05, 0) is 29.8 Å². The average Bonchev–Trinajstić information content (AvgIpc) is 2.84. The third-order valence-electron chi connectivity index (χ3n) is 4.13. The van der Waals surface area contributed by atoms with Crippen molar-refractivity contribution in [2.24, 2.45) is 0 Å². The van der Waals surface area contributed by atoms with E-state index in [2.05, 4.69) is 0 Å². The first-order valence-corrected chi connectivity index (χ1v) is 9.27. The summed E-state index contributed by atoms with van der Waals surface area (Å²) in [4.78, 5) is 24.4. The maximum Gasteiger partial charge on any atom is 0.270 e. The van der Waals surface area contributed by atoms with E-state index in [0.29, 0.717) is 10.6 Å². The van der Waals surface area contributed by atoms with Gasteiger partial charge in [0.15, 0.2) is 9.84 Å². The van der Waals surface area contributed by atoms with Gasteiger partial charge in [0.05, 0.1) is 21.6 Å². The highest BCUT2D eigenvalue weighted by Crippen LogP contribution is 2.38. The normalized spacial score (nSPS) is 17.8. The van der Waals surface area contributed by atoms with Gasteiger partial charge in [-0.3, -0.25) is 14.9 Å². The number of nitrogens with zero attached hydrogens (tertiary/aromatic N) is 2. The van der Waals surface area contributed by atoms with Crippen LogP contribution in [0.15, 0.2) is 47.4 Å². The number of rotatable bonds is 3.